The van der Waals surface area contributed by atoms with Gasteiger partial charge in [-0.1, -0.05) is 176 Å². The van der Waals surface area contributed by atoms with Crippen molar-refractivity contribution in [2.24, 2.45) is 0 Å². The van der Waals surface area contributed by atoms with Crippen LogP contribution in [0.2, 0.25) is 0 Å². The maximum atomic E-state index is 13.2. The van der Waals surface area contributed by atoms with Crippen LogP contribution < -0.4 is 5.32 Å². The van der Waals surface area contributed by atoms with E-state index in [9.17, 15) is 45.6 Å². The number of aliphatic hydroxyl groups excluding tert-OH is 8. The Balaban J connectivity index is 1.85. The SMILES string of the molecule is CC/C=C\C/C=C\C/C=C\C/C=C\CCCCCCC(=O)NC(COC1OC(CO)C(OC2OC(CO)C(O)C(O)C2O)C(O)C1O)C(O)/C=C/CC/C=C/CC/C=C/CCCCCCCCCCCCC. The lowest BCUT2D eigenvalue weighted by molar-refractivity contribution is -0.359. The first-order valence-corrected chi connectivity index (χ1v) is 27.8. The van der Waals surface area contributed by atoms with E-state index >= 15 is 0 Å². The average molecular weight is 1020 g/mol. The summed E-state index contributed by atoms with van der Waals surface area (Å²) in [5.41, 5.74) is 0. The molecule has 2 rings (SSSR count). The lowest BCUT2D eigenvalue weighted by Gasteiger charge is -2.46. The van der Waals surface area contributed by atoms with E-state index in [-0.39, 0.29) is 18.9 Å². The fourth-order valence-corrected chi connectivity index (χ4v) is 8.55. The van der Waals surface area contributed by atoms with Gasteiger partial charge in [-0.25, -0.2) is 0 Å². The second-order valence-corrected chi connectivity index (χ2v) is 19.3. The largest absolute Gasteiger partial charge is 0.394 e. The zero-order valence-electron chi connectivity index (χ0n) is 44.1. The van der Waals surface area contributed by atoms with E-state index in [0.717, 1.165) is 77.0 Å². The molecule has 2 aliphatic rings. The van der Waals surface area contributed by atoms with E-state index < -0.39 is 86.8 Å². The molecule has 414 valence electrons. The van der Waals surface area contributed by atoms with Gasteiger partial charge in [0.1, 0.15) is 48.8 Å². The summed E-state index contributed by atoms with van der Waals surface area (Å²) in [6, 6.07) is -0.956. The quantitative estimate of drug-likeness (QED) is 0.0207. The Labute approximate surface area is 433 Å². The van der Waals surface area contributed by atoms with Crippen molar-refractivity contribution in [2.45, 2.75) is 254 Å². The van der Waals surface area contributed by atoms with Crippen molar-refractivity contribution in [1.29, 1.82) is 0 Å². The van der Waals surface area contributed by atoms with E-state index in [1.54, 1.807) is 6.08 Å². The van der Waals surface area contributed by atoms with Gasteiger partial charge in [-0.15, -0.1) is 0 Å². The molecule has 2 heterocycles. The first kappa shape index (κ1) is 65.3. The summed E-state index contributed by atoms with van der Waals surface area (Å²) in [6.45, 7) is 2.62. The first-order chi connectivity index (χ1) is 35.1. The molecule has 0 aromatic heterocycles. The Hall–Kier alpha value is -2.83. The fraction of sp³-hybridized carbons (Fsp3) is 0.741. The van der Waals surface area contributed by atoms with Crippen LogP contribution in [0.1, 0.15) is 181 Å². The molecule has 72 heavy (non-hydrogen) atoms. The molecule has 2 saturated heterocycles. The number of nitrogens with one attached hydrogen (secondary N) is 1. The lowest BCUT2D eigenvalue weighted by Crippen LogP contribution is -2.65. The molecule has 2 aliphatic heterocycles. The van der Waals surface area contributed by atoms with Crippen LogP contribution in [0.15, 0.2) is 85.1 Å². The monoisotopic (exact) mass is 1020 g/mol. The van der Waals surface area contributed by atoms with Crippen LogP contribution in [0.25, 0.3) is 0 Å². The Morgan fingerprint density at radius 3 is 1.53 bits per heavy atom. The van der Waals surface area contributed by atoms with Crippen LogP contribution in [-0.2, 0) is 23.7 Å². The highest BCUT2D eigenvalue weighted by Gasteiger charge is 2.51. The van der Waals surface area contributed by atoms with Gasteiger partial charge in [0.05, 0.1) is 32.0 Å². The molecular weight excluding hydrogens is 919 g/mol. The molecule has 12 atom stereocenters. The minimum absolute atomic E-state index is 0.237. The Bertz CT molecular complexity index is 1530. The predicted molar refractivity (Wildman–Crippen MR) is 286 cm³/mol. The van der Waals surface area contributed by atoms with Crippen molar-refractivity contribution < 1.29 is 64.6 Å². The smallest absolute Gasteiger partial charge is 0.220 e. The molecule has 0 saturated carbocycles. The van der Waals surface area contributed by atoms with Gasteiger partial charge in [0.25, 0.3) is 0 Å². The number of rotatable bonds is 42. The maximum absolute atomic E-state index is 13.2. The highest BCUT2D eigenvalue weighted by molar-refractivity contribution is 5.76. The summed E-state index contributed by atoms with van der Waals surface area (Å²) >= 11 is 0. The molecule has 0 aliphatic carbocycles. The lowest BCUT2D eigenvalue weighted by atomic mass is 9.97. The van der Waals surface area contributed by atoms with E-state index in [1.807, 2.05) is 6.08 Å². The third-order valence-corrected chi connectivity index (χ3v) is 13.0. The van der Waals surface area contributed by atoms with Gasteiger partial charge in [-0.05, 0) is 83.5 Å². The molecule has 9 N–H and O–H groups in total. The third-order valence-electron chi connectivity index (χ3n) is 13.0. The Morgan fingerprint density at radius 2 is 0.972 bits per heavy atom. The minimum atomic E-state index is -1.80. The standard InChI is InChI=1S/C58H99NO13/c1-3-5-7-9-11-13-15-17-19-21-22-23-24-26-27-29-31-33-35-37-39-41-47(62)46(59-50(63)42-40-38-36-34-32-30-28-25-20-18-16-14-12-10-8-6-4-2)45-69-57-55(68)53(66)56(49(44-61)71-57)72-58-54(67)52(65)51(64)48(43-60)70-58/h6,8,12,14,18,20,24,26,28,30-31,33,39,41,46-49,51-58,60-62,64-68H,3-5,7,9-11,13,15-17,19,21-23,25,27,29,32,34-38,40,42-45H2,1-2H3,(H,59,63)/b8-6-,14-12-,20-18-,26-24+,30-28-,33-31+,41-39+. The number of unbranched alkanes of at least 4 members (excludes halogenated alkanes) is 17. The highest BCUT2D eigenvalue weighted by atomic mass is 16.7. The molecule has 0 spiro atoms. The molecular formula is C58H99NO13. The number of hydrogen-bond donors (Lipinski definition) is 9. The molecule has 2 fully saturated rings. The summed E-state index contributed by atoms with van der Waals surface area (Å²) < 4.78 is 22.7. The molecule has 14 nitrogen and oxygen atoms in total. The fourth-order valence-electron chi connectivity index (χ4n) is 8.55. The molecule has 0 aromatic carbocycles. The zero-order valence-corrected chi connectivity index (χ0v) is 44.1. The maximum Gasteiger partial charge on any atom is 0.220 e. The average Bonchev–Trinajstić information content (AvgIpc) is 3.38. The van der Waals surface area contributed by atoms with Gasteiger partial charge in [0.2, 0.25) is 5.91 Å². The van der Waals surface area contributed by atoms with Gasteiger partial charge in [-0.3, -0.25) is 4.79 Å². The molecule has 12 unspecified atom stereocenters. The second-order valence-electron chi connectivity index (χ2n) is 19.3. The molecule has 0 bridgehead atoms. The van der Waals surface area contributed by atoms with E-state index in [1.165, 1.54) is 70.6 Å². The summed E-state index contributed by atoms with van der Waals surface area (Å²) in [5.74, 6) is -0.280. The number of carbonyl (C=O) groups is 1. The number of allylic oxidation sites excluding steroid dienone is 13. The topological polar surface area (TPSA) is 228 Å². The van der Waals surface area contributed by atoms with Crippen molar-refractivity contribution in [3.8, 4) is 0 Å². The van der Waals surface area contributed by atoms with Crippen molar-refractivity contribution in [1.82, 2.24) is 5.32 Å². The zero-order chi connectivity index (χ0) is 52.4. The van der Waals surface area contributed by atoms with Gasteiger partial charge < -0.3 is 65.1 Å². The van der Waals surface area contributed by atoms with Crippen molar-refractivity contribution in [3.05, 3.63) is 85.1 Å². The number of hydrogen-bond acceptors (Lipinski definition) is 13. The molecule has 14 heteroatoms. The normalized spacial score (nSPS) is 26.2. The van der Waals surface area contributed by atoms with Crippen molar-refractivity contribution in [3.63, 3.8) is 0 Å². The van der Waals surface area contributed by atoms with Gasteiger partial charge >= 0.3 is 0 Å². The van der Waals surface area contributed by atoms with Crippen molar-refractivity contribution >= 4 is 5.91 Å². The van der Waals surface area contributed by atoms with Crippen molar-refractivity contribution in [2.75, 3.05) is 19.8 Å². The van der Waals surface area contributed by atoms with Crippen LogP contribution in [0.5, 0.6) is 0 Å². The summed E-state index contributed by atoms with van der Waals surface area (Å²) in [7, 11) is 0. The van der Waals surface area contributed by atoms with Crippen LogP contribution in [0.3, 0.4) is 0 Å². The van der Waals surface area contributed by atoms with E-state index in [4.69, 9.17) is 18.9 Å². The number of aliphatic hydroxyl groups is 8. The van der Waals surface area contributed by atoms with Crippen LogP contribution in [-0.4, -0.2) is 140 Å². The van der Waals surface area contributed by atoms with Gasteiger partial charge in [0.15, 0.2) is 12.6 Å². The molecule has 1 amide bonds. The number of amides is 1. The molecule has 0 aromatic rings. The highest BCUT2D eigenvalue weighted by Crippen LogP contribution is 2.30. The third kappa shape index (κ3) is 29.3. The summed E-state index contributed by atoms with van der Waals surface area (Å²) in [6.07, 6.45) is 40.5. The second kappa shape index (κ2) is 43.4. The number of carbonyl (C=O) groups excluding carboxylic acids is 1. The Morgan fingerprint density at radius 1 is 0.514 bits per heavy atom. The van der Waals surface area contributed by atoms with Crippen LogP contribution in [0.4, 0.5) is 0 Å². The Kier molecular flexibility index (Phi) is 39.4. The molecule has 0 radical (unpaired) electrons. The summed E-state index contributed by atoms with van der Waals surface area (Å²) in [5, 5.41) is 86.9. The van der Waals surface area contributed by atoms with E-state index in [2.05, 4.69) is 92.1 Å². The van der Waals surface area contributed by atoms with E-state index in [0.29, 0.717) is 12.8 Å². The first-order valence-electron chi connectivity index (χ1n) is 27.8. The van der Waals surface area contributed by atoms with Crippen LogP contribution in [0, 0.1) is 0 Å². The number of ether oxygens (including phenoxy) is 4. The minimum Gasteiger partial charge on any atom is -0.394 e. The van der Waals surface area contributed by atoms with Crippen LogP contribution >= 0.6 is 0 Å². The summed E-state index contributed by atoms with van der Waals surface area (Å²) in [4.78, 5) is 13.2. The predicted octanol–water partition coefficient (Wildman–Crippen LogP) is 8.55. The van der Waals surface area contributed by atoms with Gasteiger partial charge in [0, 0.05) is 6.42 Å². The van der Waals surface area contributed by atoms with Gasteiger partial charge in [-0.2, -0.15) is 0 Å².